The minimum Gasteiger partial charge on any atom is -0.391 e. The Morgan fingerprint density at radius 3 is 2.65 bits per heavy atom. The van der Waals surface area contributed by atoms with Gasteiger partial charge in [-0.15, -0.1) is 0 Å². The maximum Gasteiger partial charge on any atom is 0.286 e. The Morgan fingerprint density at radius 1 is 1.35 bits per heavy atom. The van der Waals surface area contributed by atoms with Gasteiger partial charge in [0, 0.05) is 37.0 Å². The first-order valence-electron chi connectivity index (χ1n) is 7.42. The predicted molar refractivity (Wildman–Crippen MR) is 79.5 cm³/mol. The summed E-state index contributed by atoms with van der Waals surface area (Å²) in [7, 11) is -3.73. The highest BCUT2D eigenvalue weighted by atomic mass is 32.2. The van der Waals surface area contributed by atoms with Gasteiger partial charge in [-0.25, -0.2) is 21.6 Å². The number of sulfone groups is 1. The second-order valence-corrected chi connectivity index (χ2v) is 8.27. The van der Waals surface area contributed by atoms with E-state index in [4.69, 9.17) is 0 Å². The maximum atomic E-state index is 14.3. The average Bonchev–Trinajstić information content (AvgIpc) is 2.67. The van der Waals surface area contributed by atoms with Crippen LogP contribution in [0.15, 0.2) is 17.0 Å². The molecule has 0 aromatic heterocycles. The molecule has 0 saturated carbocycles. The normalized spacial score (nSPS) is 27.1. The number of piperidine rings is 1. The summed E-state index contributed by atoms with van der Waals surface area (Å²) in [6.07, 6.45) is -1.86. The van der Waals surface area contributed by atoms with E-state index in [-0.39, 0.29) is 28.3 Å². The number of anilines is 1. The lowest BCUT2D eigenvalue weighted by molar-refractivity contribution is -0.0602. The number of benzene rings is 1. The van der Waals surface area contributed by atoms with Crippen LogP contribution in [-0.4, -0.2) is 44.9 Å². The second-order valence-electron chi connectivity index (χ2n) is 6.29. The quantitative estimate of drug-likeness (QED) is 0.890. The molecule has 1 fully saturated rings. The molecule has 3 rings (SSSR count). The third-order valence-electron chi connectivity index (χ3n) is 4.46. The van der Waals surface area contributed by atoms with Crippen molar-refractivity contribution in [3.63, 3.8) is 0 Å². The number of halogens is 3. The van der Waals surface area contributed by atoms with E-state index in [2.05, 4.69) is 0 Å². The van der Waals surface area contributed by atoms with Crippen LogP contribution in [0.25, 0.3) is 0 Å². The molecule has 23 heavy (non-hydrogen) atoms. The molecule has 1 heterocycles. The van der Waals surface area contributed by atoms with E-state index in [9.17, 15) is 26.7 Å². The SMILES string of the molecule is CS(=O)(=O)c1ccc(N2CCC[C@H](O)C2)c2c1CC(F)(F)[C@@H]2F. The number of aliphatic hydroxyl groups is 1. The van der Waals surface area contributed by atoms with E-state index < -0.39 is 34.5 Å². The smallest absolute Gasteiger partial charge is 0.286 e. The molecule has 0 spiro atoms. The summed E-state index contributed by atoms with van der Waals surface area (Å²) in [5.74, 6) is -3.62. The molecule has 1 aliphatic carbocycles. The first-order valence-corrected chi connectivity index (χ1v) is 9.31. The number of rotatable bonds is 2. The van der Waals surface area contributed by atoms with Crippen molar-refractivity contribution in [2.24, 2.45) is 0 Å². The molecule has 1 aromatic carbocycles. The third-order valence-corrected chi connectivity index (χ3v) is 5.65. The predicted octanol–water partition coefficient (Wildman–Crippen LogP) is 2.25. The van der Waals surface area contributed by atoms with Gasteiger partial charge >= 0.3 is 0 Å². The highest BCUT2D eigenvalue weighted by Gasteiger charge is 2.51. The van der Waals surface area contributed by atoms with Gasteiger partial charge in [-0.1, -0.05) is 0 Å². The third kappa shape index (κ3) is 2.82. The molecular formula is C15H18F3NO3S. The van der Waals surface area contributed by atoms with Crippen molar-refractivity contribution in [2.75, 3.05) is 24.2 Å². The molecule has 2 aliphatic rings. The molecular weight excluding hydrogens is 331 g/mol. The minimum absolute atomic E-state index is 0.137. The molecule has 1 saturated heterocycles. The molecule has 0 unspecified atom stereocenters. The Balaban J connectivity index is 2.16. The summed E-state index contributed by atoms with van der Waals surface area (Å²) in [4.78, 5) is 1.42. The number of aliphatic hydroxyl groups excluding tert-OH is 1. The van der Waals surface area contributed by atoms with E-state index in [0.717, 1.165) is 6.26 Å². The van der Waals surface area contributed by atoms with Crippen molar-refractivity contribution in [3.05, 3.63) is 23.3 Å². The van der Waals surface area contributed by atoms with Gasteiger partial charge in [-0.3, -0.25) is 0 Å². The molecule has 0 bridgehead atoms. The van der Waals surface area contributed by atoms with Crippen LogP contribution in [0.5, 0.6) is 0 Å². The lowest BCUT2D eigenvalue weighted by atomic mass is 10.0. The van der Waals surface area contributed by atoms with Gasteiger partial charge in [0.2, 0.25) is 0 Å². The fourth-order valence-electron chi connectivity index (χ4n) is 3.43. The van der Waals surface area contributed by atoms with E-state index in [1.807, 2.05) is 0 Å². The van der Waals surface area contributed by atoms with Gasteiger partial charge in [-0.05, 0) is 30.5 Å². The van der Waals surface area contributed by atoms with Crippen LogP contribution in [0.4, 0.5) is 18.9 Å². The van der Waals surface area contributed by atoms with E-state index in [1.165, 1.54) is 12.1 Å². The highest BCUT2D eigenvalue weighted by molar-refractivity contribution is 7.90. The number of hydrogen-bond acceptors (Lipinski definition) is 4. The highest BCUT2D eigenvalue weighted by Crippen LogP contribution is 2.51. The minimum atomic E-state index is -3.73. The second kappa shape index (κ2) is 5.37. The van der Waals surface area contributed by atoms with Crippen LogP contribution in [0.1, 0.15) is 30.1 Å². The summed E-state index contributed by atoms with van der Waals surface area (Å²) in [5, 5.41) is 9.76. The van der Waals surface area contributed by atoms with Gasteiger partial charge in [0.05, 0.1) is 11.0 Å². The average molecular weight is 349 g/mol. The lowest BCUT2D eigenvalue weighted by Crippen LogP contribution is -2.39. The summed E-state index contributed by atoms with van der Waals surface area (Å²) in [5.41, 5.74) is -0.120. The Bertz CT molecular complexity index is 736. The Kier molecular flexibility index (Phi) is 3.87. The van der Waals surface area contributed by atoms with Crippen LogP contribution >= 0.6 is 0 Å². The number of fused-ring (bicyclic) bond motifs is 1. The zero-order valence-electron chi connectivity index (χ0n) is 12.6. The van der Waals surface area contributed by atoms with E-state index in [1.54, 1.807) is 4.90 Å². The van der Waals surface area contributed by atoms with Crippen molar-refractivity contribution < 1.29 is 26.7 Å². The number of β-amino-alcohol motifs (C(OH)–C–C–N with tert-alkyl or cyclic N) is 1. The van der Waals surface area contributed by atoms with E-state index >= 15 is 0 Å². The molecule has 128 valence electrons. The first kappa shape index (κ1) is 16.6. The Hall–Kier alpha value is -1.28. The zero-order valence-corrected chi connectivity index (χ0v) is 13.4. The van der Waals surface area contributed by atoms with Gasteiger partial charge in [-0.2, -0.15) is 0 Å². The van der Waals surface area contributed by atoms with E-state index in [0.29, 0.717) is 19.4 Å². The summed E-state index contributed by atoms with van der Waals surface area (Å²) < 4.78 is 65.8. The summed E-state index contributed by atoms with van der Waals surface area (Å²) in [6.45, 7) is 0.739. The van der Waals surface area contributed by atoms with Crippen LogP contribution in [-0.2, 0) is 16.3 Å². The topological polar surface area (TPSA) is 57.6 Å². The summed E-state index contributed by atoms with van der Waals surface area (Å²) >= 11 is 0. The molecule has 1 aliphatic heterocycles. The van der Waals surface area contributed by atoms with Gasteiger partial charge < -0.3 is 10.0 Å². The fourth-order valence-corrected chi connectivity index (χ4v) is 4.38. The van der Waals surface area contributed by atoms with Crippen LogP contribution in [0, 0.1) is 0 Å². The molecule has 0 radical (unpaired) electrons. The monoisotopic (exact) mass is 349 g/mol. The van der Waals surface area contributed by atoms with Crippen molar-refractivity contribution >= 4 is 15.5 Å². The molecule has 2 atom stereocenters. The molecule has 1 N–H and O–H groups in total. The number of nitrogens with zero attached hydrogens (tertiary/aromatic N) is 1. The number of alkyl halides is 3. The van der Waals surface area contributed by atoms with Gasteiger partial charge in [0.25, 0.3) is 5.92 Å². The van der Waals surface area contributed by atoms with Crippen molar-refractivity contribution in [1.29, 1.82) is 0 Å². The van der Waals surface area contributed by atoms with Gasteiger partial charge in [0.1, 0.15) is 0 Å². The largest absolute Gasteiger partial charge is 0.391 e. The summed E-state index contributed by atoms with van der Waals surface area (Å²) in [6, 6.07) is 2.64. The van der Waals surface area contributed by atoms with Crippen LogP contribution < -0.4 is 4.90 Å². The van der Waals surface area contributed by atoms with Crippen molar-refractivity contribution in [3.8, 4) is 0 Å². The first-order chi connectivity index (χ1) is 10.6. The lowest BCUT2D eigenvalue weighted by Gasteiger charge is -2.34. The standard InChI is InChI=1S/C15H18F3NO3S/c1-23(21,22)12-5-4-11(19-6-2-3-9(20)8-19)13-10(12)7-15(17,18)14(13)16/h4-5,9,14,20H,2-3,6-8H2,1H3/t9-,14+/m0/s1. The molecule has 0 amide bonds. The maximum absolute atomic E-state index is 14.3. The number of hydrogen-bond donors (Lipinski definition) is 1. The Labute approximate surface area is 132 Å². The molecule has 8 heteroatoms. The van der Waals surface area contributed by atoms with Crippen LogP contribution in [0.3, 0.4) is 0 Å². The molecule has 1 aromatic rings. The van der Waals surface area contributed by atoms with Gasteiger partial charge in [0.15, 0.2) is 16.0 Å². The van der Waals surface area contributed by atoms with Crippen molar-refractivity contribution in [1.82, 2.24) is 0 Å². The molecule has 4 nitrogen and oxygen atoms in total. The fraction of sp³-hybridized carbons (Fsp3) is 0.600. The Morgan fingerprint density at radius 2 is 2.04 bits per heavy atom. The van der Waals surface area contributed by atoms with Crippen molar-refractivity contribution in [2.45, 2.75) is 42.4 Å². The zero-order chi connectivity index (χ0) is 17.0. The van der Waals surface area contributed by atoms with Crippen LogP contribution in [0.2, 0.25) is 0 Å².